The Balaban J connectivity index is 3.97. The minimum absolute atomic E-state index is 0.168. The molecule has 0 saturated carbocycles. The number of nitrogens with zero attached hydrogens (tertiary/aromatic N) is 2. The van der Waals surface area contributed by atoms with E-state index in [4.69, 9.17) is 10.4 Å². The zero-order valence-electron chi connectivity index (χ0n) is 9.58. The van der Waals surface area contributed by atoms with Crippen molar-refractivity contribution in [3.63, 3.8) is 0 Å². The molecule has 0 saturated heterocycles. The Bertz CT molecular complexity index is 184. The van der Waals surface area contributed by atoms with Gasteiger partial charge in [-0.1, -0.05) is 20.8 Å². The van der Waals surface area contributed by atoms with Crippen LogP contribution in [0, 0.1) is 16.7 Å². The first-order valence-corrected chi connectivity index (χ1v) is 5.26. The van der Waals surface area contributed by atoms with Gasteiger partial charge in [0.1, 0.15) is 0 Å². The number of aliphatic hydroxyl groups excluding tert-OH is 1. The van der Waals surface area contributed by atoms with Gasteiger partial charge >= 0.3 is 0 Å². The molecule has 0 atom stereocenters. The van der Waals surface area contributed by atoms with Crippen molar-refractivity contribution in [2.24, 2.45) is 5.41 Å². The van der Waals surface area contributed by atoms with Crippen LogP contribution in [0.25, 0.3) is 0 Å². The Labute approximate surface area is 87.3 Å². The molecule has 0 radical (unpaired) electrons. The zero-order chi connectivity index (χ0) is 11.0. The lowest BCUT2D eigenvalue weighted by Gasteiger charge is -2.31. The number of aliphatic hydroxyl groups is 1. The second kappa shape index (κ2) is 6.80. The second-order valence-electron chi connectivity index (χ2n) is 4.41. The van der Waals surface area contributed by atoms with Crippen molar-refractivity contribution in [3.05, 3.63) is 0 Å². The molecule has 0 aromatic rings. The molecular weight excluding hydrogens is 176 g/mol. The van der Waals surface area contributed by atoms with E-state index in [9.17, 15) is 0 Å². The topological polar surface area (TPSA) is 47.3 Å². The molecule has 0 unspecified atom stereocenters. The maximum absolute atomic E-state index is 8.85. The van der Waals surface area contributed by atoms with E-state index in [1.54, 1.807) is 0 Å². The van der Waals surface area contributed by atoms with Crippen molar-refractivity contribution in [2.75, 3.05) is 26.2 Å². The maximum Gasteiger partial charge on any atom is 0.0621 e. The van der Waals surface area contributed by atoms with Gasteiger partial charge in [-0.2, -0.15) is 5.26 Å². The summed E-state index contributed by atoms with van der Waals surface area (Å²) in [4.78, 5) is 2.22. The highest BCUT2D eigenvalue weighted by Crippen LogP contribution is 2.23. The summed E-state index contributed by atoms with van der Waals surface area (Å²) in [6.45, 7) is 9.28. The van der Waals surface area contributed by atoms with E-state index >= 15 is 0 Å². The van der Waals surface area contributed by atoms with Gasteiger partial charge in [-0.15, -0.1) is 0 Å². The fourth-order valence-corrected chi connectivity index (χ4v) is 1.57. The van der Waals surface area contributed by atoms with Crippen molar-refractivity contribution in [2.45, 2.75) is 33.6 Å². The molecule has 1 N–H and O–H groups in total. The van der Waals surface area contributed by atoms with E-state index in [2.05, 4.69) is 31.7 Å². The summed E-state index contributed by atoms with van der Waals surface area (Å²) in [6, 6.07) is 2.18. The van der Waals surface area contributed by atoms with Crippen LogP contribution in [0.4, 0.5) is 0 Å². The zero-order valence-corrected chi connectivity index (χ0v) is 9.58. The van der Waals surface area contributed by atoms with Crippen LogP contribution in [0.2, 0.25) is 0 Å². The van der Waals surface area contributed by atoms with Gasteiger partial charge in [0.05, 0.1) is 12.7 Å². The third kappa shape index (κ3) is 5.95. The van der Waals surface area contributed by atoms with Crippen LogP contribution >= 0.6 is 0 Å². The fraction of sp³-hybridized carbons (Fsp3) is 0.909. The smallest absolute Gasteiger partial charge is 0.0621 e. The fourth-order valence-electron chi connectivity index (χ4n) is 1.57. The Kier molecular flexibility index (Phi) is 6.52. The van der Waals surface area contributed by atoms with Gasteiger partial charge in [-0.25, -0.2) is 0 Å². The average molecular weight is 198 g/mol. The van der Waals surface area contributed by atoms with Gasteiger partial charge in [0, 0.05) is 19.5 Å². The quantitative estimate of drug-likeness (QED) is 0.676. The lowest BCUT2D eigenvalue weighted by atomic mass is 9.87. The van der Waals surface area contributed by atoms with Crippen LogP contribution in [0.15, 0.2) is 0 Å². The summed E-state index contributed by atoms with van der Waals surface area (Å²) >= 11 is 0. The molecule has 0 aromatic carbocycles. The van der Waals surface area contributed by atoms with Crippen LogP contribution in [-0.2, 0) is 0 Å². The normalized spacial score (nSPS) is 11.7. The van der Waals surface area contributed by atoms with Crippen molar-refractivity contribution >= 4 is 0 Å². The van der Waals surface area contributed by atoms with E-state index in [-0.39, 0.29) is 12.0 Å². The number of nitriles is 1. The molecule has 0 bridgehead atoms. The van der Waals surface area contributed by atoms with E-state index < -0.39 is 0 Å². The minimum Gasteiger partial charge on any atom is -0.395 e. The van der Waals surface area contributed by atoms with Crippen LogP contribution in [0.3, 0.4) is 0 Å². The molecule has 0 amide bonds. The molecule has 0 fully saturated rings. The first-order valence-electron chi connectivity index (χ1n) is 5.26. The molecule has 0 heterocycles. The van der Waals surface area contributed by atoms with Gasteiger partial charge < -0.3 is 10.0 Å². The highest BCUT2D eigenvalue weighted by atomic mass is 16.3. The van der Waals surface area contributed by atoms with E-state index in [1.807, 2.05) is 0 Å². The molecule has 14 heavy (non-hydrogen) atoms. The molecule has 0 aliphatic heterocycles. The molecule has 0 rings (SSSR count). The van der Waals surface area contributed by atoms with Crippen LogP contribution in [-0.4, -0.2) is 36.2 Å². The maximum atomic E-state index is 8.85. The highest BCUT2D eigenvalue weighted by Gasteiger charge is 2.20. The molecule has 82 valence electrons. The summed E-state index contributed by atoms with van der Waals surface area (Å²) in [5, 5.41) is 17.4. The third-order valence-electron chi connectivity index (χ3n) is 2.43. The first-order chi connectivity index (χ1) is 6.55. The number of likely N-dealkylation sites (N-methyl/N-ethyl adjacent to an activating group) is 1. The van der Waals surface area contributed by atoms with E-state index in [1.165, 1.54) is 0 Å². The van der Waals surface area contributed by atoms with E-state index in [0.717, 1.165) is 26.1 Å². The first kappa shape index (κ1) is 13.4. The molecular formula is C11H22N2O. The van der Waals surface area contributed by atoms with Gasteiger partial charge in [0.2, 0.25) is 0 Å². The van der Waals surface area contributed by atoms with Gasteiger partial charge in [0.25, 0.3) is 0 Å². The third-order valence-corrected chi connectivity index (χ3v) is 2.43. The predicted molar refractivity (Wildman–Crippen MR) is 57.8 cm³/mol. The summed E-state index contributed by atoms with van der Waals surface area (Å²) < 4.78 is 0. The summed E-state index contributed by atoms with van der Waals surface area (Å²) in [6.07, 6.45) is 1.54. The molecule has 0 aliphatic carbocycles. The van der Waals surface area contributed by atoms with Crippen molar-refractivity contribution < 1.29 is 5.11 Å². The Morgan fingerprint density at radius 3 is 2.50 bits per heavy atom. The number of hydrogen-bond acceptors (Lipinski definition) is 3. The van der Waals surface area contributed by atoms with Crippen LogP contribution < -0.4 is 0 Å². The summed E-state index contributed by atoms with van der Waals surface area (Å²) in [5.41, 5.74) is 0.168. The SMILES string of the molecule is CCN(CCO)CC(C)(C)CCC#N. The second-order valence-corrected chi connectivity index (χ2v) is 4.41. The van der Waals surface area contributed by atoms with Crippen molar-refractivity contribution in [1.82, 2.24) is 4.90 Å². The number of hydrogen-bond donors (Lipinski definition) is 1. The molecule has 3 heteroatoms. The Morgan fingerprint density at radius 2 is 2.07 bits per heavy atom. The largest absolute Gasteiger partial charge is 0.395 e. The van der Waals surface area contributed by atoms with Gasteiger partial charge in [0.15, 0.2) is 0 Å². The van der Waals surface area contributed by atoms with Gasteiger partial charge in [-0.3, -0.25) is 0 Å². The molecule has 0 spiro atoms. The Hall–Kier alpha value is -0.590. The lowest BCUT2D eigenvalue weighted by Crippen LogP contribution is -2.36. The standard InChI is InChI=1S/C11H22N2O/c1-4-13(8-9-14)10-11(2,3)6-5-7-12/h14H,4-6,8-10H2,1-3H3. The lowest BCUT2D eigenvalue weighted by molar-refractivity contribution is 0.144. The number of rotatable bonds is 7. The van der Waals surface area contributed by atoms with Gasteiger partial charge in [-0.05, 0) is 18.4 Å². The monoisotopic (exact) mass is 198 g/mol. The van der Waals surface area contributed by atoms with Crippen molar-refractivity contribution in [1.29, 1.82) is 5.26 Å². The average Bonchev–Trinajstić information content (AvgIpc) is 2.14. The Morgan fingerprint density at radius 1 is 1.43 bits per heavy atom. The van der Waals surface area contributed by atoms with Crippen molar-refractivity contribution in [3.8, 4) is 6.07 Å². The van der Waals surface area contributed by atoms with Crippen LogP contribution in [0.5, 0.6) is 0 Å². The molecule has 0 aromatic heterocycles. The van der Waals surface area contributed by atoms with Crippen LogP contribution in [0.1, 0.15) is 33.6 Å². The summed E-state index contributed by atoms with van der Waals surface area (Å²) in [5.74, 6) is 0. The summed E-state index contributed by atoms with van der Waals surface area (Å²) in [7, 11) is 0. The highest BCUT2D eigenvalue weighted by molar-refractivity contribution is 4.79. The van der Waals surface area contributed by atoms with E-state index in [0.29, 0.717) is 6.42 Å². The molecule has 3 nitrogen and oxygen atoms in total. The minimum atomic E-state index is 0.168. The molecule has 0 aliphatic rings. The predicted octanol–water partition coefficient (Wildman–Crippen LogP) is 1.63.